The number of hydrogen-bond donors (Lipinski definition) is 1. The molecule has 6 heteroatoms. The van der Waals surface area contributed by atoms with E-state index in [1.165, 1.54) is 6.07 Å². The van der Waals surface area contributed by atoms with Crippen molar-refractivity contribution >= 4 is 23.1 Å². The number of ether oxygens (including phenoxy) is 1. The summed E-state index contributed by atoms with van der Waals surface area (Å²) in [6, 6.07) is 15.4. The van der Waals surface area contributed by atoms with Gasteiger partial charge in [-0.1, -0.05) is 54.2 Å². The molecule has 0 radical (unpaired) electrons. The number of halogens is 2. The van der Waals surface area contributed by atoms with E-state index < -0.39 is 11.9 Å². The molecule has 3 rings (SSSR count). The maximum absolute atomic E-state index is 12.6. The van der Waals surface area contributed by atoms with Crippen molar-refractivity contribution in [1.82, 2.24) is 0 Å². The predicted molar refractivity (Wildman–Crippen MR) is 84.7 cm³/mol. The Morgan fingerprint density at radius 1 is 1.09 bits per heavy atom. The highest BCUT2D eigenvalue weighted by Gasteiger charge is 2.35. The van der Waals surface area contributed by atoms with Gasteiger partial charge in [0.25, 0.3) is 5.76 Å². The Kier molecular flexibility index (Phi) is 4.34. The highest BCUT2D eigenvalue weighted by Crippen LogP contribution is 2.37. The topological polar surface area (TPSA) is 52.3 Å². The van der Waals surface area contributed by atoms with Crippen molar-refractivity contribution in [3.8, 4) is 0 Å². The molecule has 2 aromatic carbocycles. The predicted octanol–water partition coefficient (Wildman–Crippen LogP) is 3.97. The van der Waals surface area contributed by atoms with Crippen LogP contribution in [-0.2, 0) is 9.53 Å². The van der Waals surface area contributed by atoms with Gasteiger partial charge in [0, 0.05) is 10.5 Å². The van der Waals surface area contributed by atoms with Gasteiger partial charge in [0.1, 0.15) is 0 Å². The number of ketones is 1. The summed E-state index contributed by atoms with van der Waals surface area (Å²) < 4.78 is 30.5. The van der Waals surface area contributed by atoms with Crippen molar-refractivity contribution in [1.29, 1.82) is 0 Å². The highest BCUT2D eigenvalue weighted by molar-refractivity contribution is 7.99. The molecule has 0 saturated carbocycles. The number of nitrogens with two attached hydrogens (primary N) is 1. The molecule has 0 fully saturated rings. The fraction of sp³-hybridized carbons (Fsp3) is 0.118. The van der Waals surface area contributed by atoms with Crippen LogP contribution in [0.4, 0.5) is 8.78 Å². The van der Waals surface area contributed by atoms with Crippen LogP contribution in [0.2, 0.25) is 0 Å². The SMILES string of the molecule is NC1=C(c2cccc(SC(F)F)c2)C(=O)C(c2ccccc2)O1. The van der Waals surface area contributed by atoms with E-state index in [0.29, 0.717) is 27.8 Å². The summed E-state index contributed by atoms with van der Waals surface area (Å²) in [5, 5.41) is 0. The summed E-state index contributed by atoms with van der Waals surface area (Å²) in [6.45, 7) is 0. The first-order valence-corrected chi connectivity index (χ1v) is 7.75. The summed E-state index contributed by atoms with van der Waals surface area (Å²) in [5.74, 6) is -2.78. The van der Waals surface area contributed by atoms with Crippen LogP contribution < -0.4 is 5.73 Å². The maximum atomic E-state index is 12.6. The van der Waals surface area contributed by atoms with Crippen molar-refractivity contribution in [2.24, 2.45) is 5.73 Å². The molecule has 0 amide bonds. The Morgan fingerprint density at radius 3 is 2.52 bits per heavy atom. The molecule has 1 atom stereocenters. The van der Waals surface area contributed by atoms with E-state index in [0.717, 1.165) is 0 Å². The van der Waals surface area contributed by atoms with Crippen LogP contribution in [0, 0.1) is 0 Å². The van der Waals surface area contributed by atoms with Gasteiger partial charge >= 0.3 is 0 Å². The minimum Gasteiger partial charge on any atom is -0.462 e. The van der Waals surface area contributed by atoms with Crippen LogP contribution in [0.5, 0.6) is 0 Å². The second-order valence-corrected chi connectivity index (χ2v) is 5.98. The van der Waals surface area contributed by atoms with Gasteiger partial charge in [-0.05, 0) is 17.7 Å². The summed E-state index contributed by atoms with van der Waals surface area (Å²) in [6.07, 6.45) is -0.794. The minimum atomic E-state index is -2.52. The molecule has 1 aliphatic rings. The van der Waals surface area contributed by atoms with E-state index in [9.17, 15) is 13.6 Å². The smallest absolute Gasteiger partial charge is 0.288 e. The molecular formula is C17H13F2NO2S. The number of benzene rings is 2. The lowest BCUT2D eigenvalue weighted by Crippen LogP contribution is -2.09. The quantitative estimate of drug-likeness (QED) is 0.860. The average molecular weight is 333 g/mol. The third kappa shape index (κ3) is 3.22. The standard InChI is InChI=1S/C17H13F2NO2S/c18-17(19)23-12-8-4-7-11(9-12)13-14(21)15(22-16(13)20)10-5-2-1-3-6-10/h1-9,15,17H,20H2. The van der Waals surface area contributed by atoms with Crippen LogP contribution in [0.25, 0.3) is 5.57 Å². The molecule has 1 unspecified atom stereocenters. The summed E-state index contributed by atoms with van der Waals surface area (Å²) in [4.78, 5) is 13.0. The molecule has 1 aliphatic heterocycles. The third-order valence-corrected chi connectivity index (χ3v) is 4.13. The Hall–Kier alpha value is -2.34. The van der Waals surface area contributed by atoms with E-state index in [1.807, 2.05) is 6.07 Å². The zero-order valence-electron chi connectivity index (χ0n) is 11.9. The molecule has 0 bridgehead atoms. The fourth-order valence-electron chi connectivity index (χ4n) is 2.45. The van der Waals surface area contributed by atoms with Crippen LogP contribution in [0.15, 0.2) is 65.4 Å². The Morgan fingerprint density at radius 2 is 1.83 bits per heavy atom. The molecule has 23 heavy (non-hydrogen) atoms. The molecule has 0 spiro atoms. The van der Waals surface area contributed by atoms with E-state index in [-0.39, 0.29) is 17.2 Å². The van der Waals surface area contributed by atoms with Crippen molar-refractivity contribution in [2.45, 2.75) is 16.8 Å². The number of carbonyl (C=O) groups excluding carboxylic acids is 1. The lowest BCUT2D eigenvalue weighted by molar-refractivity contribution is -0.120. The van der Waals surface area contributed by atoms with Crippen molar-refractivity contribution in [3.63, 3.8) is 0 Å². The molecule has 0 aromatic heterocycles. The van der Waals surface area contributed by atoms with Crippen molar-refractivity contribution in [3.05, 3.63) is 71.6 Å². The molecule has 0 saturated heterocycles. The first-order valence-electron chi connectivity index (χ1n) is 6.87. The van der Waals surface area contributed by atoms with Gasteiger partial charge in [-0.3, -0.25) is 4.79 Å². The monoisotopic (exact) mass is 333 g/mol. The zero-order valence-corrected chi connectivity index (χ0v) is 12.7. The van der Waals surface area contributed by atoms with Crippen LogP contribution >= 0.6 is 11.8 Å². The van der Waals surface area contributed by atoms with Gasteiger partial charge < -0.3 is 10.5 Å². The van der Waals surface area contributed by atoms with Gasteiger partial charge in [0.05, 0.1) is 5.57 Å². The van der Waals surface area contributed by atoms with Crippen molar-refractivity contribution in [2.75, 3.05) is 0 Å². The Bertz CT molecular complexity index is 762. The first kappa shape index (κ1) is 15.6. The number of Topliss-reactive ketones (excluding diaryl/α,β-unsaturated/α-hetero) is 1. The normalized spacial score (nSPS) is 17.7. The van der Waals surface area contributed by atoms with E-state index in [4.69, 9.17) is 10.5 Å². The number of alkyl halides is 2. The molecular weight excluding hydrogens is 320 g/mol. The first-order chi connectivity index (χ1) is 11.1. The number of carbonyl (C=O) groups is 1. The van der Waals surface area contributed by atoms with Crippen LogP contribution in [0.1, 0.15) is 17.2 Å². The number of rotatable bonds is 4. The fourth-order valence-corrected chi connectivity index (χ4v) is 3.01. The number of hydrogen-bond acceptors (Lipinski definition) is 4. The van der Waals surface area contributed by atoms with Crippen LogP contribution in [-0.4, -0.2) is 11.5 Å². The highest BCUT2D eigenvalue weighted by atomic mass is 32.2. The van der Waals surface area contributed by atoms with Gasteiger partial charge in [-0.2, -0.15) is 8.78 Å². The Balaban J connectivity index is 1.91. The maximum Gasteiger partial charge on any atom is 0.288 e. The molecule has 1 heterocycles. The molecule has 0 aliphatic carbocycles. The van der Waals surface area contributed by atoms with Gasteiger partial charge in [0.2, 0.25) is 5.78 Å². The van der Waals surface area contributed by atoms with E-state index in [1.54, 1.807) is 42.5 Å². The van der Waals surface area contributed by atoms with E-state index >= 15 is 0 Å². The summed E-state index contributed by atoms with van der Waals surface area (Å²) in [5.41, 5.74) is 7.28. The van der Waals surface area contributed by atoms with E-state index in [2.05, 4.69) is 0 Å². The average Bonchev–Trinajstić information content (AvgIpc) is 2.82. The van der Waals surface area contributed by atoms with Crippen LogP contribution in [0.3, 0.4) is 0 Å². The second-order valence-electron chi connectivity index (χ2n) is 4.92. The largest absolute Gasteiger partial charge is 0.462 e. The molecule has 2 aromatic rings. The summed E-state index contributed by atoms with van der Waals surface area (Å²) in [7, 11) is 0. The second kappa shape index (κ2) is 6.42. The lowest BCUT2D eigenvalue weighted by atomic mass is 9.97. The minimum absolute atomic E-state index is 0.0167. The third-order valence-electron chi connectivity index (χ3n) is 3.43. The molecule has 3 nitrogen and oxygen atoms in total. The molecule has 118 valence electrons. The van der Waals surface area contributed by atoms with Gasteiger partial charge in [0.15, 0.2) is 12.0 Å². The lowest BCUT2D eigenvalue weighted by Gasteiger charge is -2.09. The summed E-state index contributed by atoms with van der Waals surface area (Å²) >= 11 is 0.422. The zero-order chi connectivity index (χ0) is 16.4. The van der Waals surface area contributed by atoms with Gasteiger partial charge in [-0.15, -0.1) is 0 Å². The number of thioether (sulfide) groups is 1. The molecule has 2 N–H and O–H groups in total. The van der Waals surface area contributed by atoms with Crippen molar-refractivity contribution < 1.29 is 18.3 Å². The van der Waals surface area contributed by atoms with Gasteiger partial charge in [-0.25, -0.2) is 0 Å². The Labute approximate surface area is 136 Å².